The molecular formula is C9H20BIO8. The highest BCUT2D eigenvalue weighted by atomic mass is 127. The summed E-state index contributed by atoms with van der Waals surface area (Å²) in [5, 5.41) is 57.1. The molecule has 7 atom stereocenters. The molecule has 0 radical (unpaired) electrons. The molecule has 0 spiro atoms. The van der Waals surface area contributed by atoms with Crippen LogP contribution in [0.15, 0.2) is 0 Å². The average Bonchev–Trinajstić information content (AvgIpc) is 2.43. The van der Waals surface area contributed by atoms with Gasteiger partial charge in [-0.3, -0.25) is 0 Å². The van der Waals surface area contributed by atoms with E-state index in [2.05, 4.69) is 0 Å². The number of aliphatic hydroxyl groups excluding tert-OH is 6. The lowest BCUT2D eigenvalue weighted by Crippen LogP contribution is -2.55. The molecule has 0 fully saturated rings. The Hall–Kier alpha value is 0.475. The number of rotatable bonds is 9. The molecule has 0 aromatic carbocycles. The molecule has 10 heteroatoms. The Labute approximate surface area is 126 Å². The zero-order valence-corrected chi connectivity index (χ0v) is 12.8. The summed E-state index contributed by atoms with van der Waals surface area (Å²) in [7, 11) is 1.17. The number of hydrogen-bond donors (Lipinski definition) is 6. The van der Waals surface area contributed by atoms with Gasteiger partial charge in [-0.2, -0.15) is 0 Å². The Morgan fingerprint density at radius 1 is 1.00 bits per heavy atom. The summed E-state index contributed by atoms with van der Waals surface area (Å²) >= 11 is 1.53. The first-order chi connectivity index (χ1) is 8.81. The van der Waals surface area contributed by atoms with Crippen molar-refractivity contribution >= 4 is 31.1 Å². The summed E-state index contributed by atoms with van der Waals surface area (Å²) in [5.41, 5.74) is 0. The Bertz CT molecular complexity index is 248. The van der Waals surface area contributed by atoms with E-state index in [0.717, 1.165) is 0 Å². The fourth-order valence-electron chi connectivity index (χ4n) is 1.56. The first-order valence-corrected chi connectivity index (χ1v) is 6.51. The molecule has 19 heavy (non-hydrogen) atoms. The van der Waals surface area contributed by atoms with Crippen molar-refractivity contribution in [3.05, 3.63) is 0 Å². The lowest BCUT2D eigenvalue weighted by atomic mass is 9.94. The van der Waals surface area contributed by atoms with Crippen LogP contribution in [0.25, 0.3) is 0 Å². The second-order valence-corrected chi connectivity index (χ2v) is 4.72. The summed E-state index contributed by atoms with van der Waals surface area (Å²) in [6.07, 6.45) is -10.1. The third-order valence-corrected chi connectivity index (χ3v) is 3.65. The van der Waals surface area contributed by atoms with E-state index in [0.29, 0.717) is 0 Å². The molecule has 0 saturated heterocycles. The Morgan fingerprint density at radius 2 is 1.47 bits per heavy atom. The van der Waals surface area contributed by atoms with Crippen LogP contribution in [-0.4, -0.2) is 88.0 Å². The highest BCUT2D eigenvalue weighted by molar-refractivity contribution is 14.1. The van der Waals surface area contributed by atoms with Crippen molar-refractivity contribution in [1.82, 2.24) is 0 Å². The summed E-state index contributed by atoms with van der Waals surface area (Å²) in [5.74, 6) is 0. The van der Waals surface area contributed by atoms with E-state index in [9.17, 15) is 25.5 Å². The van der Waals surface area contributed by atoms with Gasteiger partial charge in [0.15, 0.2) is 0 Å². The second kappa shape index (κ2) is 9.42. The molecule has 7 unspecified atom stereocenters. The van der Waals surface area contributed by atoms with Crippen molar-refractivity contribution in [2.75, 3.05) is 6.61 Å². The van der Waals surface area contributed by atoms with Gasteiger partial charge in [0.1, 0.15) is 53.5 Å². The van der Waals surface area contributed by atoms with Crippen molar-refractivity contribution in [3.8, 4) is 0 Å². The minimum absolute atomic E-state index is 0.686. The van der Waals surface area contributed by atoms with Gasteiger partial charge in [-0.15, -0.1) is 0 Å². The van der Waals surface area contributed by atoms with Crippen LogP contribution in [0.3, 0.4) is 0 Å². The molecule has 0 aliphatic rings. The van der Waals surface area contributed by atoms with Gasteiger partial charge >= 0.3 is 0 Å². The van der Waals surface area contributed by atoms with Crippen LogP contribution in [0.5, 0.6) is 0 Å². The van der Waals surface area contributed by atoms with Gasteiger partial charge in [0.05, 0.1) is 18.8 Å². The van der Waals surface area contributed by atoms with Crippen molar-refractivity contribution in [1.29, 1.82) is 0 Å². The van der Waals surface area contributed by atoms with E-state index in [1.54, 1.807) is 0 Å². The quantitative estimate of drug-likeness (QED) is 0.175. The van der Waals surface area contributed by atoms with Crippen LogP contribution >= 0.6 is 23.0 Å². The highest BCUT2D eigenvalue weighted by Crippen LogP contribution is 2.16. The minimum atomic E-state index is -1.78. The van der Waals surface area contributed by atoms with Gasteiger partial charge in [0.25, 0.3) is 8.05 Å². The van der Waals surface area contributed by atoms with E-state index in [1.165, 1.54) is 38.0 Å². The molecule has 0 aromatic heterocycles. The fraction of sp³-hybridized carbons (Fsp3) is 1.00. The first-order valence-electron chi connectivity index (χ1n) is 5.63. The molecule has 0 aromatic rings. The third kappa shape index (κ3) is 5.40. The number of halogens is 1. The van der Waals surface area contributed by atoms with Gasteiger partial charge in [-0.25, -0.2) is 0 Å². The van der Waals surface area contributed by atoms with Crippen LogP contribution < -0.4 is 0 Å². The van der Waals surface area contributed by atoms with Crippen LogP contribution in [0, 0.1) is 0 Å². The largest absolute Gasteiger partial charge is 0.436 e. The summed E-state index contributed by atoms with van der Waals surface area (Å²) < 4.78 is 9.52. The molecule has 0 rings (SSSR count). The van der Waals surface area contributed by atoms with E-state index in [1.807, 2.05) is 0 Å². The molecule has 0 saturated carbocycles. The predicted octanol–water partition coefficient (Wildman–Crippen LogP) is -3.53. The standard InChI is InChI=1S/C9H20BIO8/c1-3(19-11)5(14)6(15)7(16)8(17)9(18-10)4(13)2-12/h3-9,12-17H,2,10H2,1H3. The normalized spacial score (nSPS) is 23.2. The number of aliphatic hydroxyl groups is 6. The molecule has 114 valence electrons. The second-order valence-electron chi connectivity index (χ2n) is 4.21. The zero-order chi connectivity index (χ0) is 15.2. The fourth-order valence-corrected chi connectivity index (χ4v) is 1.86. The minimum Gasteiger partial charge on any atom is -0.436 e. The third-order valence-electron chi connectivity index (χ3n) is 2.85. The van der Waals surface area contributed by atoms with Crippen molar-refractivity contribution in [2.45, 2.75) is 49.7 Å². The van der Waals surface area contributed by atoms with Crippen molar-refractivity contribution < 1.29 is 38.4 Å². The van der Waals surface area contributed by atoms with E-state index < -0.39 is 49.3 Å². The van der Waals surface area contributed by atoms with E-state index in [-0.39, 0.29) is 0 Å². The Kier molecular flexibility index (Phi) is 9.65. The molecule has 8 nitrogen and oxygen atoms in total. The smallest absolute Gasteiger partial charge is 0.257 e. The highest BCUT2D eigenvalue weighted by Gasteiger charge is 2.39. The average molecular weight is 394 g/mol. The Morgan fingerprint density at radius 3 is 1.84 bits per heavy atom. The lowest BCUT2D eigenvalue weighted by Gasteiger charge is -2.33. The predicted molar refractivity (Wildman–Crippen MR) is 75.1 cm³/mol. The molecular weight excluding hydrogens is 374 g/mol. The monoisotopic (exact) mass is 394 g/mol. The van der Waals surface area contributed by atoms with Crippen LogP contribution in [0.2, 0.25) is 0 Å². The summed E-state index contributed by atoms with van der Waals surface area (Å²) in [6, 6.07) is 0. The first kappa shape index (κ1) is 19.5. The maximum atomic E-state index is 9.79. The lowest BCUT2D eigenvalue weighted by molar-refractivity contribution is -0.158. The topological polar surface area (TPSA) is 140 Å². The van der Waals surface area contributed by atoms with Crippen LogP contribution in [0.1, 0.15) is 6.92 Å². The molecule has 0 aliphatic carbocycles. The van der Waals surface area contributed by atoms with Crippen molar-refractivity contribution in [3.63, 3.8) is 0 Å². The summed E-state index contributed by atoms with van der Waals surface area (Å²) in [4.78, 5) is 0. The maximum absolute atomic E-state index is 9.79. The van der Waals surface area contributed by atoms with Crippen molar-refractivity contribution in [2.24, 2.45) is 0 Å². The molecule has 6 N–H and O–H groups in total. The van der Waals surface area contributed by atoms with E-state index in [4.69, 9.17) is 12.8 Å². The van der Waals surface area contributed by atoms with Gasteiger partial charge in [-0.1, -0.05) is 0 Å². The van der Waals surface area contributed by atoms with Gasteiger partial charge in [0, 0.05) is 0 Å². The molecule has 0 amide bonds. The summed E-state index contributed by atoms with van der Waals surface area (Å²) in [6.45, 7) is 0.782. The maximum Gasteiger partial charge on any atom is 0.257 e. The Balaban J connectivity index is 4.73. The molecule has 0 bridgehead atoms. The van der Waals surface area contributed by atoms with Gasteiger partial charge < -0.3 is 38.4 Å². The van der Waals surface area contributed by atoms with Gasteiger partial charge in [-0.05, 0) is 6.92 Å². The molecule has 0 aliphatic heterocycles. The number of hydrogen-bond acceptors (Lipinski definition) is 8. The zero-order valence-electron chi connectivity index (χ0n) is 10.6. The van der Waals surface area contributed by atoms with Crippen LogP contribution in [0.4, 0.5) is 0 Å². The van der Waals surface area contributed by atoms with Crippen LogP contribution in [-0.2, 0) is 7.72 Å². The van der Waals surface area contributed by atoms with Gasteiger partial charge in [0.2, 0.25) is 0 Å². The SMILES string of the molecule is BOC(C(O)CO)C(O)C(O)C(O)C(O)C(C)OI. The molecule has 0 heterocycles. The van der Waals surface area contributed by atoms with E-state index >= 15 is 0 Å².